The Morgan fingerprint density at radius 1 is 0.964 bits per heavy atom. The second kappa shape index (κ2) is 18.8. The van der Waals surface area contributed by atoms with Crippen molar-refractivity contribution in [3.05, 3.63) is 12.2 Å². The molecule has 28 heavy (non-hydrogen) atoms. The van der Waals surface area contributed by atoms with Crippen molar-refractivity contribution >= 4 is 24.7 Å². The zero-order valence-corrected chi connectivity index (χ0v) is 19.7. The number of carbonyl (C=O) groups is 1. The number of phosphoric ester groups is 1. The Morgan fingerprint density at radius 2 is 1.61 bits per heavy atom. The van der Waals surface area contributed by atoms with E-state index in [9.17, 15) is 9.36 Å². The quantitative estimate of drug-likeness (QED) is 0.136. The van der Waals surface area contributed by atoms with Crippen molar-refractivity contribution in [2.75, 3.05) is 34.0 Å². The van der Waals surface area contributed by atoms with Crippen LogP contribution in [-0.4, -0.2) is 44.4 Å². The van der Waals surface area contributed by atoms with Gasteiger partial charge in [-0.05, 0) is 12.8 Å². The molecule has 0 aliphatic heterocycles. The van der Waals surface area contributed by atoms with Gasteiger partial charge in [-0.3, -0.25) is 18.4 Å². The molecule has 0 radical (unpaired) electrons. The Hall–Kier alpha value is -0.170. The van der Waals surface area contributed by atoms with Crippen LogP contribution in [0.25, 0.3) is 0 Å². The van der Waals surface area contributed by atoms with E-state index in [1.54, 1.807) is 0 Å². The fourth-order valence-electron chi connectivity index (χ4n) is 2.44. The molecule has 0 aliphatic carbocycles. The van der Waals surface area contributed by atoms with Gasteiger partial charge in [-0.2, -0.15) is 0 Å². The highest BCUT2D eigenvalue weighted by molar-refractivity contribution is 8.14. The van der Waals surface area contributed by atoms with Crippen LogP contribution < -0.4 is 0 Å². The first-order chi connectivity index (χ1) is 13.5. The summed E-state index contributed by atoms with van der Waals surface area (Å²) in [4.78, 5) is 12.3. The van der Waals surface area contributed by atoms with Crippen molar-refractivity contribution in [2.24, 2.45) is 0 Å². The number of ether oxygens (including phenoxy) is 1. The largest absolute Gasteiger partial charge is 0.474 e. The van der Waals surface area contributed by atoms with Crippen molar-refractivity contribution in [1.82, 2.24) is 0 Å². The molecule has 0 aromatic heterocycles. The zero-order valence-electron chi connectivity index (χ0n) is 18.0. The number of rotatable bonds is 19. The van der Waals surface area contributed by atoms with Gasteiger partial charge in [-0.1, -0.05) is 76.3 Å². The van der Waals surface area contributed by atoms with Gasteiger partial charge in [0.2, 0.25) is 0 Å². The third-order valence-corrected chi connectivity index (χ3v) is 6.50. The smallest absolute Gasteiger partial charge is 0.376 e. The molecular formula is C20H39O6PS. The van der Waals surface area contributed by atoms with Gasteiger partial charge in [-0.25, -0.2) is 4.57 Å². The summed E-state index contributed by atoms with van der Waals surface area (Å²) in [6, 6.07) is 0. The van der Waals surface area contributed by atoms with E-state index in [-0.39, 0.29) is 17.0 Å². The van der Waals surface area contributed by atoms with E-state index >= 15 is 0 Å². The maximum absolute atomic E-state index is 12.3. The Balaban J connectivity index is 4.30. The maximum atomic E-state index is 12.3. The summed E-state index contributed by atoms with van der Waals surface area (Å²) in [5.74, 6) is 0. The molecule has 6 nitrogen and oxygen atoms in total. The molecule has 0 rings (SSSR count). The summed E-state index contributed by atoms with van der Waals surface area (Å²) in [6.45, 7) is 5.12. The lowest BCUT2D eigenvalue weighted by Crippen LogP contribution is -2.21. The van der Waals surface area contributed by atoms with E-state index in [2.05, 4.69) is 13.8 Å². The summed E-state index contributed by atoms with van der Waals surface area (Å²) in [6.07, 6.45) is 13.7. The van der Waals surface area contributed by atoms with E-state index in [0.717, 1.165) is 19.3 Å². The average molecular weight is 439 g/mol. The molecule has 0 aromatic carbocycles. The molecule has 0 aliphatic rings. The summed E-state index contributed by atoms with van der Waals surface area (Å²) in [5.41, 5.74) is 0. The number of carbonyl (C=O) groups excluding carboxylic acids is 1. The molecule has 0 N–H and O–H groups in total. The van der Waals surface area contributed by atoms with E-state index in [4.69, 9.17) is 18.3 Å². The second-order valence-electron chi connectivity index (χ2n) is 6.51. The third kappa shape index (κ3) is 15.7. The summed E-state index contributed by atoms with van der Waals surface area (Å²) in [5, 5.41) is -0.148. The lowest BCUT2D eigenvalue weighted by Gasteiger charge is -2.19. The fourth-order valence-corrected chi connectivity index (χ4v) is 4.20. The van der Waals surface area contributed by atoms with Crippen molar-refractivity contribution in [2.45, 2.75) is 76.9 Å². The third-order valence-electron chi connectivity index (χ3n) is 4.07. The number of allylic oxidation sites excluding steroid dienone is 1. The van der Waals surface area contributed by atoms with Gasteiger partial charge in [0.1, 0.15) is 0 Å². The van der Waals surface area contributed by atoms with Crippen molar-refractivity contribution in [3.63, 3.8) is 0 Å². The molecule has 166 valence electrons. The molecular weight excluding hydrogens is 399 g/mol. The first-order valence-electron chi connectivity index (χ1n) is 10.3. The summed E-state index contributed by atoms with van der Waals surface area (Å²) < 4.78 is 32.5. The van der Waals surface area contributed by atoms with Crippen LogP contribution in [0, 0.1) is 0 Å². The molecule has 0 aromatic rings. The van der Waals surface area contributed by atoms with E-state index < -0.39 is 7.82 Å². The molecule has 0 saturated carbocycles. The standard InChI is InChI=1S/C20H39O6PS/c1-5-7-9-10-11-12-13-15-20(21)28-19(17-25-16-14-8-6-2)18-26-27(22,23-3)24-4/h8,14,19H,5-7,9-13,15-18H2,1-4H3/b14-8-/t19-/m1/s1. The number of phosphoric acid groups is 1. The lowest BCUT2D eigenvalue weighted by atomic mass is 10.1. The molecule has 8 heteroatoms. The molecule has 0 spiro atoms. The number of hydrogen-bond donors (Lipinski definition) is 0. The van der Waals surface area contributed by atoms with Crippen LogP contribution in [0.1, 0.15) is 71.6 Å². The number of thioether (sulfide) groups is 1. The van der Waals surface area contributed by atoms with Crippen LogP contribution in [0.3, 0.4) is 0 Å². The van der Waals surface area contributed by atoms with Crippen LogP contribution in [0.5, 0.6) is 0 Å². The van der Waals surface area contributed by atoms with Crippen LogP contribution in [0.4, 0.5) is 0 Å². The van der Waals surface area contributed by atoms with Gasteiger partial charge in [-0.15, -0.1) is 0 Å². The Morgan fingerprint density at radius 3 is 2.21 bits per heavy atom. The van der Waals surface area contributed by atoms with E-state index in [1.807, 2.05) is 12.2 Å². The van der Waals surface area contributed by atoms with Crippen molar-refractivity contribution < 1.29 is 27.7 Å². The second-order valence-corrected chi connectivity index (χ2v) is 9.75. The van der Waals surface area contributed by atoms with Gasteiger partial charge in [0.25, 0.3) is 0 Å². The van der Waals surface area contributed by atoms with E-state index in [0.29, 0.717) is 19.6 Å². The van der Waals surface area contributed by atoms with Crippen molar-refractivity contribution in [3.8, 4) is 0 Å². The summed E-state index contributed by atoms with van der Waals surface area (Å²) in [7, 11) is -1.03. The fraction of sp³-hybridized carbons (Fsp3) is 0.850. The molecule has 0 heterocycles. The minimum atomic E-state index is -3.56. The average Bonchev–Trinajstić information content (AvgIpc) is 2.70. The van der Waals surface area contributed by atoms with Gasteiger partial charge in [0.05, 0.1) is 25.1 Å². The van der Waals surface area contributed by atoms with E-state index in [1.165, 1.54) is 58.1 Å². The molecule has 0 saturated heterocycles. The minimum absolute atomic E-state index is 0.0594. The highest BCUT2D eigenvalue weighted by Gasteiger charge is 2.26. The first-order valence-corrected chi connectivity index (χ1v) is 12.6. The van der Waals surface area contributed by atoms with Crippen molar-refractivity contribution in [1.29, 1.82) is 0 Å². The Labute approximate surface area is 175 Å². The van der Waals surface area contributed by atoms with Crippen LogP contribution in [0.2, 0.25) is 0 Å². The van der Waals surface area contributed by atoms with Gasteiger partial charge < -0.3 is 4.74 Å². The van der Waals surface area contributed by atoms with Crippen LogP contribution >= 0.6 is 19.6 Å². The molecule has 0 bridgehead atoms. The number of unbranched alkanes of at least 4 members (excludes halogenated alkanes) is 6. The number of hydrogen-bond acceptors (Lipinski definition) is 7. The zero-order chi connectivity index (χ0) is 21.1. The monoisotopic (exact) mass is 438 g/mol. The Kier molecular flexibility index (Phi) is 18.7. The molecule has 0 unspecified atom stereocenters. The molecule has 0 amide bonds. The highest BCUT2D eigenvalue weighted by atomic mass is 32.2. The van der Waals surface area contributed by atoms with Crippen LogP contribution in [-0.2, 0) is 27.7 Å². The molecule has 1 atom stereocenters. The van der Waals surface area contributed by atoms with Gasteiger partial charge in [0.15, 0.2) is 5.12 Å². The lowest BCUT2D eigenvalue weighted by molar-refractivity contribution is -0.111. The minimum Gasteiger partial charge on any atom is -0.376 e. The van der Waals surface area contributed by atoms with Gasteiger partial charge in [0, 0.05) is 20.6 Å². The summed E-state index contributed by atoms with van der Waals surface area (Å²) >= 11 is 1.20. The maximum Gasteiger partial charge on any atom is 0.474 e. The predicted octanol–water partition coefficient (Wildman–Crippen LogP) is 6.16. The van der Waals surface area contributed by atoms with Gasteiger partial charge >= 0.3 is 7.82 Å². The molecule has 0 fully saturated rings. The normalized spacial score (nSPS) is 13.3. The predicted molar refractivity (Wildman–Crippen MR) is 117 cm³/mol. The SMILES string of the molecule is CC/C=C\COC[C@H](COP(=O)(OC)OC)SC(=O)CCCCCCCCC. The van der Waals surface area contributed by atoms with Crippen LogP contribution in [0.15, 0.2) is 12.2 Å². The highest BCUT2D eigenvalue weighted by Crippen LogP contribution is 2.47. The Bertz CT molecular complexity index is 450. The first kappa shape index (κ1) is 27.8. The topological polar surface area (TPSA) is 71.1 Å².